The van der Waals surface area contributed by atoms with Crippen LogP contribution < -0.4 is 4.74 Å². The number of rotatable bonds is 7. The summed E-state index contributed by atoms with van der Waals surface area (Å²) in [4.78, 5) is 20.6. The monoisotopic (exact) mass is 418 g/mol. The highest BCUT2D eigenvalue weighted by Crippen LogP contribution is 2.25. The highest BCUT2D eigenvalue weighted by Gasteiger charge is 2.28. The molecule has 0 aromatic heterocycles. The van der Waals surface area contributed by atoms with Crippen LogP contribution in [0.1, 0.15) is 27.9 Å². The molecule has 0 fully saturated rings. The zero-order valence-corrected chi connectivity index (χ0v) is 17.2. The molecule has 0 unspecified atom stereocenters. The molecule has 0 radical (unpaired) electrons. The van der Waals surface area contributed by atoms with Crippen LogP contribution in [0, 0.1) is 5.82 Å². The number of hydrogen-bond donors (Lipinski definition) is 0. The number of benzene rings is 3. The van der Waals surface area contributed by atoms with Crippen LogP contribution in [-0.4, -0.2) is 36.3 Å². The number of halogens is 1. The van der Waals surface area contributed by atoms with Crippen molar-refractivity contribution >= 4 is 11.6 Å². The number of amides is 1. The van der Waals surface area contributed by atoms with Crippen molar-refractivity contribution in [1.82, 2.24) is 4.90 Å². The Labute approximate surface area is 180 Å². The molecule has 0 saturated heterocycles. The molecule has 3 aromatic carbocycles. The van der Waals surface area contributed by atoms with Gasteiger partial charge < -0.3 is 14.5 Å². The summed E-state index contributed by atoms with van der Waals surface area (Å²) in [7, 11) is 1.62. The average Bonchev–Trinajstić information content (AvgIpc) is 3.28. The van der Waals surface area contributed by atoms with Crippen molar-refractivity contribution in [1.29, 1.82) is 0 Å². The molecule has 0 bridgehead atoms. The fourth-order valence-corrected chi connectivity index (χ4v) is 3.61. The van der Waals surface area contributed by atoms with E-state index in [0.717, 1.165) is 22.6 Å². The van der Waals surface area contributed by atoms with Gasteiger partial charge in [0.2, 0.25) is 0 Å². The molecule has 5 nitrogen and oxygen atoms in total. The number of methoxy groups -OCH3 is 1. The molecule has 0 spiro atoms. The van der Waals surface area contributed by atoms with E-state index in [0.29, 0.717) is 25.1 Å². The van der Waals surface area contributed by atoms with Gasteiger partial charge in [-0.2, -0.15) is 0 Å². The summed E-state index contributed by atoms with van der Waals surface area (Å²) in [6.07, 6.45) is 0.274. The molecule has 1 amide bonds. The molecule has 0 N–H and O–H groups in total. The molecule has 158 valence electrons. The molecule has 1 aliphatic heterocycles. The van der Waals surface area contributed by atoms with Crippen LogP contribution in [0.5, 0.6) is 5.75 Å². The summed E-state index contributed by atoms with van der Waals surface area (Å²) in [5.74, 6) is 0.173. The van der Waals surface area contributed by atoms with Crippen molar-refractivity contribution in [3.8, 4) is 5.75 Å². The lowest BCUT2D eigenvalue weighted by Crippen LogP contribution is -2.37. The first-order valence-electron chi connectivity index (χ1n) is 10.1. The van der Waals surface area contributed by atoms with E-state index in [1.807, 2.05) is 54.6 Å². The molecule has 1 heterocycles. The van der Waals surface area contributed by atoms with E-state index >= 15 is 0 Å². The van der Waals surface area contributed by atoms with Gasteiger partial charge in [0, 0.05) is 24.1 Å². The van der Waals surface area contributed by atoms with Gasteiger partial charge in [-0.15, -0.1) is 0 Å². The Morgan fingerprint density at radius 2 is 1.77 bits per heavy atom. The van der Waals surface area contributed by atoms with Gasteiger partial charge in [0.15, 0.2) is 6.10 Å². The average molecular weight is 418 g/mol. The van der Waals surface area contributed by atoms with Crippen LogP contribution in [0.3, 0.4) is 0 Å². The summed E-state index contributed by atoms with van der Waals surface area (Å²) in [6.45, 7) is 0.772. The Kier molecular flexibility index (Phi) is 6.26. The number of oxime groups is 1. The Morgan fingerprint density at radius 1 is 1.06 bits per heavy atom. The fourth-order valence-electron chi connectivity index (χ4n) is 3.61. The molecular formula is C25H23FN2O3. The molecule has 1 aliphatic rings. The molecule has 3 aromatic rings. The third kappa shape index (κ3) is 4.91. The summed E-state index contributed by atoms with van der Waals surface area (Å²) in [6, 6.07) is 23.0. The summed E-state index contributed by atoms with van der Waals surface area (Å²) >= 11 is 0. The lowest BCUT2D eigenvalue weighted by Gasteiger charge is -2.25. The highest BCUT2D eigenvalue weighted by atomic mass is 19.1. The van der Waals surface area contributed by atoms with Crippen LogP contribution >= 0.6 is 0 Å². The second-order valence-corrected chi connectivity index (χ2v) is 7.35. The van der Waals surface area contributed by atoms with Gasteiger partial charge in [0.25, 0.3) is 5.91 Å². The third-order valence-electron chi connectivity index (χ3n) is 5.17. The van der Waals surface area contributed by atoms with Gasteiger partial charge in [0.05, 0.1) is 19.4 Å². The van der Waals surface area contributed by atoms with Crippen molar-refractivity contribution in [2.24, 2.45) is 5.16 Å². The van der Waals surface area contributed by atoms with E-state index in [2.05, 4.69) is 5.16 Å². The minimum absolute atomic E-state index is 0.182. The quantitative estimate of drug-likeness (QED) is 0.560. The standard InChI is InChI=1S/C25H23FN2O3/c1-30-24-10-6-5-9-22(24)23-15-21(31-27-23)17-28(16-18-7-3-2-4-8-18)25(29)19-11-13-20(26)14-12-19/h2-14,21H,15-17H2,1H3/t21-/m1/s1. The first kappa shape index (κ1) is 20.6. The predicted molar refractivity (Wildman–Crippen MR) is 117 cm³/mol. The topological polar surface area (TPSA) is 51.1 Å². The zero-order chi connectivity index (χ0) is 21.6. The highest BCUT2D eigenvalue weighted by molar-refractivity contribution is 6.03. The molecule has 4 rings (SSSR count). The molecule has 0 saturated carbocycles. The summed E-state index contributed by atoms with van der Waals surface area (Å²) in [5.41, 5.74) is 3.10. The predicted octanol–water partition coefficient (Wildman–Crippen LogP) is 4.67. The van der Waals surface area contributed by atoms with Crippen molar-refractivity contribution in [2.45, 2.75) is 19.1 Å². The largest absolute Gasteiger partial charge is 0.496 e. The maximum Gasteiger partial charge on any atom is 0.254 e. The molecule has 6 heteroatoms. The van der Waals surface area contributed by atoms with E-state index in [9.17, 15) is 9.18 Å². The van der Waals surface area contributed by atoms with Gasteiger partial charge in [-0.05, 0) is 42.0 Å². The maximum absolute atomic E-state index is 13.3. The smallest absolute Gasteiger partial charge is 0.254 e. The second kappa shape index (κ2) is 9.43. The van der Waals surface area contributed by atoms with E-state index in [-0.39, 0.29) is 17.8 Å². The van der Waals surface area contributed by atoms with Crippen LogP contribution in [0.2, 0.25) is 0 Å². The summed E-state index contributed by atoms with van der Waals surface area (Å²) in [5, 5.41) is 4.25. The molecule has 1 atom stereocenters. The van der Waals surface area contributed by atoms with Crippen LogP contribution in [-0.2, 0) is 11.4 Å². The second-order valence-electron chi connectivity index (χ2n) is 7.35. The van der Waals surface area contributed by atoms with Gasteiger partial charge in [-0.25, -0.2) is 4.39 Å². The van der Waals surface area contributed by atoms with Gasteiger partial charge >= 0.3 is 0 Å². The van der Waals surface area contributed by atoms with Gasteiger partial charge in [-0.1, -0.05) is 47.6 Å². The van der Waals surface area contributed by atoms with Crippen molar-refractivity contribution in [3.05, 3.63) is 101 Å². The molecule has 31 heavy (non-hydrogen) atoms. The van der Waals surface area contributed by atoms with Crippen molar-refractivity contribution < 1.29 is 18.8 Å². The van der Waals surface area contributed by atoms with E-state index in [1.165, 1.54) is 24.3 Å². The maximum atomic E-state index is 13.3. The normalized spacial score (nSPS) is 15.2. The van der Waals surface area contributed by atoms with Crippen molar-refractivity contribution in [3.63, 3.8) is 0 Å². The van der Waals surface area contributed by atoms with Crippen molar-refractivity contribution in [2.75, 3.05) is 13.7 Å². The number of carbonyl (C=O) groups excluding carboxylic acids is 1. The number of para-hydroxylation sites is 1. The SMILES string of the molecule is COc1ccccc1C1=NO[C@@H](CN(Cc2ccccc2)C(=O)c2ccc(F)cc2)C1. The van der Waals surface area contributed by atoms with Crippen LogP contribution in [0.15, 0.2) is 84.0 Å². The Morgan fingerprint density at radius 3 is 2.52 bits per heavy atom. The third-order valence-corrected chi connectivity index (χ3v) is 5.17. The fraction of sp³-hybridized carbons (Fsp3) is 0.200. The minimum Gasteiger partial charge on any atom is -0.496 e. The van der Waals surface area contributed by atoms with Crippen LogP contribution in [0.4, 0.5) is 4.39 Å². The first-order chi connectivity index (χ1) is 15.1. The van der Waals surface area contributed by atoms with E-state index in [4.69, 9.17) is 9.57 Å². The number of nitrogens with zero attached hydrogens (tertiary/aromatic N) is 2. The van der Waals surface area contributed by atoms with E-state index < -0.39 is 0 Å². The van der Waals surface area contributed by atoms with Gasteiger partial charge in [-0.3, -0.25) is 4.79 Å². The number of hydrogen-bond acceptors (Lipinski definition) is 4. The van der Waals surface area contributed by atoms with E-state index in [1.54, 1.807) is 12.0 Å². The first-order valence-corrected chi connectivity index (χ1v) is 10.1. The van der Waals surface area contributed by atoms with Crippen LogP contribution in [0.25, 0.3) is 0 Å². The number of ether oxygens (including phenoxy) is 1. The Hall–Kier alpha value is -3.67. The lowest BCUT2D eigenvalue weighted by molar-refractivity contribution is 0.0405. The van der Waals surface area contributed by atoms with Gasteiger partial charge in [0.1, 0.15) is 11.6 Å². The Bertz CT molecular complexity index is 1070. The summed E-state index contributed by atoms with van der Waals surface area (Å²) < 4.78 is 18.7. The zero-order valence-electron chi connectivity index (χ0n) is 17.2. The number of carbonyl (C=O) groups is 1. The lowest BCUT2D eigenvalue weighted by atomic mass is 10.0. The molecule has 0 aliphatic carbocycles. The molecular weight excluding hydrogens is 395 g/mol. The Balaban J connectivity index is 1.51. The minimum atomic E-state index is -0.375.